The highest BCUT2D eigenvalue weighted by Gasteiger charge is 2.26. The average molecular weight is 286 g/mol. The predicted octanol–water partition coefficient (Wildman–Crippen LogP) is 2.06. The molecule has 0 saturated carbocycles. The summed E-state index contributed by atoms with van der Waals surface area (Å²) in [5.41, 5.74) is 1.16. The quantitative estimate of drug-likeness (QED) is 0.629. The monoisotopic (exact) mass is 286 g/mol. The fourth-order valence-electron chi connectivity index (χ4n) is 2.62. The van der Waals surface area contributed by atoms with Gasteiger partial charge in [-0.15, -0.1) is 0 Å². The minimum atomic E-state index is -3.28. The molecular formula is C12H18N2O4S. The van der Waals surface area contributed by atoms with Gasteiger partial charge in [-0.2, -0.15) is 0 Å². The van der Waals surface area contributed by atoms with Crippen molar-refractivity contribution >= 4 is 15.5 Å². The summed E-state index contributed by atoms with van der Waals surface area (Å²) in [7, 11) is -3.28. The van der Waals surface area contributed by atoms with Crippen molar-refractivity contribution in [1.29, 1.82) is 0 Å². The molecular weight excluding hydrogens is 268 g/mol. The van der Waals surface area contributed by atoms with Gasteiger partial charge < -0.3 is 4.57 Å². The lowest BCUT2D eigenvalue weighted by Crippen LogP contribution is -2.09. The number of aryl methyl sites for hydroxylation is 1. The standard InChI is InChI=1S/C12H18N2O4S/c1-19(17,18)9-10-11-6-4-2-3-5-7-13(11)8-12(10)14(15)16/h8H,2-7,9H2,1H3. The molecule has 0 radical (unpaired) electrons. The molecule has 1 aromatic heterocycles. The number of hydrogen-bond donors (Lipinski definition) is 0. The molecule has 0 spiro atoms. The second kappa shape index (κ2) is 5.32. The topological polar surface area (TPSA) is 82.2 Å². The van der Waals surface area contributed by atoms with Crippen LogP contribution in [0.25, 0.3) is 0 Å². The van der Waals surface area contributed by atoms with Crippen molar-refractivity contribution in [3.8, 4) is 0 Å². The zero-order valence-corrected chi connectivity index (χ0v) is 11.8. The third-order valence-corrected chi connectivity index (χ3v) is 4.26. The molecule has 6 nitrogen and oxygen atoms in total. The molecule has 1 aromatic rings. The van der Waals surface area contributed by atoms with E-state index in [0.717, 1.165) is 50.6 Å². The van der Waals surface area contributed by atoms with Gasteiger partial charge in [-0.3, -0.25) is 10.1 Å². The molecule has 2 heterocycles. The molecule has 2 rings (SSSR count). The number of aromatic nitrogens is 1. The van der Waals surface area contributed by atoms with Gasteiger partial charge in [0.15, 0.2) is 9.84 Å². The molecule has 7 heteroatoms. The van der Waals surface area contributed by atoms with Crippen LogP contribution in [0.3, 0.4) is 0 Å². The van der Waals surface area contributed by atoms with E-state index in [2.05, 4.69) is 0 Å². The van der Waals surface area contributed by atoms with E-state index in [1.807, 2.05) is 4.57 Å². The molecule has 0 aliphatic carbocycles. The summed E-state index contributed by atoms with van der Waals surface area (Å²) in [5, 5.41) is 11.1. The Morgan fingerprint density at radius 3 is 2.63 bits per heavy atom. The van der Waals surface area contributed by atoms with Crippen LogP contribution < -0.4 is 0 Å². The first kappa shape index (κ1) is 14.0. The number of nitro groups is 1. The zero-order chi connectivity index (χ0) is 14.0. The van der Waals surface area contributed by atoms with Crippen molar-refractivity contribution in [2.24, 2.45) is 0 Å². The molecule has 0 aromatic carbocycles. The van der Waals surface area contributed by atoms with Gasteiger partial charge in [-0.05, 0) is 19.3 Å². The van der Waals surface area contributed by atoms with Crippen LogP contribution >= 0.6 is 0 Å². The highest BCUT2D eigenvalue weighted by molar-refractivity contribution is 7.89. The van der Waals surface area contributed by atoms with Crippen LogP contribution in [0.5, 0.6) is 0 Å². The highest BCUT2D eigenvalue weighted by Crippen LogP contribution is 2.30. The Morgan fingerprint density at radius 2 is 2.00 bits per heavy atom. The summed E-state index contributed by atoms with van der Waals surface area (Å²) in [6.07, 6.45) is 7.49. The van der Waals surface area contributed by atoms with Gasteiger partial charge in [0.2, 0.25) is 0 Å². The van der Waals surface area contributed by atoms with E-state index < -0.39 is 14.8 Å². The normalized spacial score (nSPS) is 16.5. The molecule has 0 amide bonds. The summed E-state index contributed by atoms with van der Waals surface area (Å²) in [4.78, 5) is 10.6. The molecule has 19 heavy (non-hydrogen) atoms. The summed E-state index contributed by atoms with van der Waals surface area (Å²) in [5.74, 6) is -0.244. The van der Waals surface area contributed by atoms with Crippen molar-refractivity contribution in [3.63, 3.8) is 0 Å². The van der Waals surface area contributed by atoms with E-state index in [9.17, 15) is 18.5 Å². The summed E-state index contributed by atoms with van der Waals surface area (Å²) >= 11 is 0. The van der Waals surface area contributed by atoms with Gasteiger partial charge in [0.25, 0.3) is 5.69 Å². The third kappa shape index (κ3) is 3.34. The average Bonchev–Trinajstić information content (AvgIpc) is 2.53. The van der Waals surface area contributed by atoms with Crippen molar-refractivity contribution in [2.75, 3.05) is 6.26 Å². The Labute approximate surface area is 112 Å². The van der Waals surface area contributed by atoms with Gasteiger partial charge in [-0.1, -0.05) is 12.8 Å². The number of sulfone groups is 1. The van der Waals surface area contributed by atoms with Crippen LogP contribution in [0, 0.1) is 10.1 Å². The first-order valence-corrected chi connectivity index (χ1v) is 8.47. The fraction of sp³-hybridized carbons (Fsp3) is 0.667. The Bertz CT molecular complexity index is 589. The van der Waals surface area contributed by atoms with E-state index in [4.69, 9.17) is 0 Å². The fourth-order valence-corrected chi connectivity index (χ4v) is 3.46. The number of fused-ring (bicyclic) bond motifs is 1. The maximum Gasteiger partial charge on any atom is 0.291 e. The Morgan fingerprint density at radius 1 is 1.32 bits per heavy atom. The smallest absolute Gasteiger partial charge is 0.291 e. The Balaban J connectivity index is 2.50. The third-order valence-electron chi connectivity index (χ3n) is 3.45. The van der Waals surface area contributed by atoms with E-state index in [1.165, 1.54) is 6.20 Å². The van der Waals surface area contributed by atoms with Gasteiger partial charge in [0.05, 0.1) is 22.4 Å². The van der Waals surface area contributed by atoms with Gasteiger partial charge in [0.1, 0.15) is 0 Å². The first-order chi connectivity index (χ1) is 8.88. The van der Waals surface area contributed by atoms with E-state index in [0.29, 0.717) is 5.56 Å². The van der Waals surface area contributed by atoms with Gasteiger partial charge in [0, 0.05) is 18.5 Å². The molecule has 0 saturated heterocycles. The molecule has 0 N–H and O–H groups in total. The zero-order valence-electron chi connectivity index (χ0n) is 11.0. The molecule has 0 bridgehead atoms. The molecule has 1 aliphatic rings. The SMILES string of the molecule is CS(=O)(=O)Cc1c([N+](=O)[O-])cn2c1CCCCCC2. The van der Waals surface area contributed by atoms with Crippen LogP contribution in [0.2, 0.25) is 0 Å². The second-order valence-corrected chi connectivity index (χ2v) is 7.26. The largest absolute Gasteiger partial charge is 0.345 e. The van der Waals surface area contributed by atoms with Gasteiger partial charge in [-0.25, -0.2) is 8.42 Å². The Hall–Kier alpha value is -1.37. The number of nitrogens with zero attached hydrogens (tertiary/aromatic N) is 2. The maximum absolute atomic E-state index is 11.5. The minimum absolute atomic E-state index is 0.0534. The van der Waals surface area contributed by atoms with Crippen molar-refractivity contribution in [3.05, 3.63) is 27.6 Å². The van der Waals surface area contributed by atoms with Crippen LogP contribution in [0.4, 0.5) is 5.69 Å². The summed E-state index contributed by atoms with van der Waals surface area (Å²) in [6, 6.07) is 0. The minimum Gasteiger partial charge on any atom is -0.345 e. The van der Waals surface area contributed by atoms with Crippen LogP contribution in [-0.2, 0) is 28.6 Å². The molecule has 106 valence electrons. The van der Waals surface area contributed by atoms with E-state index in [-0.39, 0.29) is 11.4 Å². The van der Waals surface area contributed by atoms with E-state index >= 15 is 0 Å². The summed E-state index contributed by atoms with van der Waals surface area (Å²) < 4.78 is 24.8. The number of hydrogen-bond acceptors (Lipinski definition) is 4. The van der Waals surface area contributed by atoms with Crippen LogP contribution in [-0.4, -0.2) is 24.2 Å². The van der Waals surface area contributed by atoms with Gasteiger partial charge >= 0.3 is 0 Å². The van der Waals surface area contributed by atoms with E-state index in [1.54, 1.807) is 0 Å². The lowest BCUT2D eigenvalue weighted by Gasteiger charge is -2.13. The summed E-state index contributed by atoms with van der Waals surface area (Å²) in [6.45, 7) is 0.736. The second-order valence-electron chi connectivity index (χ2n) is 5.12. The van der Waals surface area contributed by atoms with Crippen molar-refractivity contribution in [1.82, 2.24) is 4.57 Å². The molecule has 1 aliphatic heterocycles. The highest BCUT2D eigenvalue weighted by atomic mass is 32.2. The maximum atomic E-state index is 11.5. The van der Waals surface area contributed by atoms with Crippen molar-refractivity contribution in [2.45, 2.75) is 44.4 Å². The lowest BCUT2D eigenvalue weighted by atomic mass is 10.1. The molecule has 0 unspecified atom stereocenters. The predicted molar refractivity (Wildman–Crippen MR) is 71.8 cm³/mol. The Kier molecular flexibility index (Phi) is 3.93. The van der Waals surface area contributed by atoms with Crippen LogP contribution in [0.1, 0.15) is 36.9 Å². The first-order valence-electron chi connectivity index (χ1n) is 6.41. The van der Waals surface area contributed by atoms with Crippen LogP contribution in [0.15, 0.2) is 6.20 Å². The lowest BCUT2D eigenvalue weighted by molar-refractivity contribution is -0.385. The van der Waals surface area contributed by atoms with Crippen molar-refractivity contribution < 1.29 is 13.3 Å². The molecule has 0 atom stereocenters. The number of rotatable bonds is 3. The molecule has 0 fully saturated rings.